The summed E-state index contributed by atoms with van der Waals surface area (Å²) in [5, 5.41) is 14.6. The van der Waals surface area contributed by atoms with Gasteiger partial charge in [-0.3, -0.25) is 0 Å². The molecule has 1 atom stereocenters. The zero-order chi connectivity index (χ0) is 17.1. The summed E-state index contributed by atoms with van der Waals surface area (Å²) in [7, 11) is 0. The molecule has 0 aliphatic heterocycles. The van der Waals surface area contributed by atoms with E-state index < -0.39 is 29.2 Å². The Morgan fingerprint density at radius 2 is 1.95 bits per heavy atom. The molecule has 1 aromatic carbocycles. The van der Waals surface area contributed by atoms with Gasteiger partial charge in [-0.25, -0.2) is 13.6 Å². The number of urea groups is 1. The minimum atomic E-state index is -0.957. The van der Waals surface area contributed by atoms with Gasteiger partial charge in [0.05, 0.1) is 16.8 Å². The lowest BCUT2D eigenvalue weighted by molar-refractivity contribution is 0.0154. The van der Waals surface area contributed by atoms with Crippen LogP contribution in [0.4, 0.5) is 19.3 Å². The van der Waals surface area contributed by atoms with Gasteiger partial charge in [0.25, 0.3) is 0 Å². The minimum absolute atomic E-state index is 0.0313. The number of aliphatic hydroxyl groups excluding tert-OH is 1. The summed E-state index contributed by atoms with van der Waals surface area (Å²) in [6, 6.07) is 0.858. The zero-order valence-electron chi connectivity index (χ0n) is 13.0. The van der Waals surface area contributed by atoms with E-state index in [1.54, 1.807) is 0 Å². The van der Waals surface area contributed by atoms with Crippen LogP contribution in [0.25, 0.3) is 0 Å². The number of benzene rings is 1. The smallest absolute Gasteiger partial charge is 0.319 e. The van der Waals surface area contributed by atoms with Crippen molar-refractivity contribution in [3.63, 3.8) is 0 Å². The Bertz CT molecular complexity index is 527. The van der Waals surface area contributed by atoms with Crippen molar-refractivity contribution in [2.45, 2.75) is 33.8 Å². The van der Waals surface area contributed by atoms with Crippen LogP contribution in [0.5, 0.6) is 0 Å². The van der Waals surface area contributed by atoms with E-state index in [-0.39, 0.29) is 23.2 Å². The predicted molar refractivity (Wildman–Crippen MR) is 83.0 cm³/mol. The highest BCUT2D eigenvalue weighted by Crippen LogP contribution is 2.27. The molecule has 1 unspecified atom stereocenters. The van der Waals surface area contributed by atoms with Gasteiger partial charge in [0.1, 0.15) is 5.82 Å². The number of halogens is 3. The van der Waals surface area contributed by atoms with E-state index in [4.69, 9.17) is 11.6 Å². The van der Waals surface area contributed by atoms with Crippen LogP contribution in [0.1, 0.15) is 27.7 Å². The standard InChI is InChI=1S/C15H21ClF2N2O2/c1-8(2)13(21)15(3,4)7-19-14(22)20-12-10(16)5-9(17)6-11(12)18/h5-6,8,13,21H,7H2,1-4H3,(H2,19,20,22). The van der Waals surface area contributed by atoms with Gasteiger partial charge in [-0.05, 0) is 12.0 Å². The lowest BCUT2D eigenvalue weighted by Gasteiger charge is -2.33. The number of hydrogen-bond acceptors (Lipinski definition) is 2. The summed E-state index contributed by atoms with van der Waals surface area (Å²) in [6.45, 7) is 7.55. The third kappa shape index (κ3) is 4.81. The first-order valence-corrected chi connectivity index (χ1v) is 7.30. The molecule has 124 valence electrons. The summed E-state index contributed by atoms with van der Waals surface area (Å²) in [5.74, 6) is -1.75. The van der Waals surface area contributed by atoms with Crippen molar-refractivity contribution in [3.05, 3.63) is 28.8 Å². The van der Waals surface area contributed by atoms with Crippen LogP contribution >= 0.6 is 11.6 Å². The van der Waals surface area contributed by atoms with Crippen LogP contribution in [-0.2, 0) is 0 Å². The second-order valence-electron chi connectivity index (χ2n) is 6.23. The highest BCUT2D eigenvalue weighted by atomic mass is 35.5. The van der Waals surface area contributed by atoms with E-state index in [2.05, 4.69) is 10.6 Å². The number of carbonyl (C=O) groups is 1. The van der Waals surface area contributed by atoms with Crippen LogP contribution in [0.2, 0.25) is 5.02 Å². The Morgan fingerprint density at radius 1 is 1.36 bits per heavy atom. The molecule has 0 saturated heterocycles. The van der Waals surface area contributed by atoms with Crippen molar-refractivity contribution in [2.75, 3.05) is 11.9 Å². The third-order valence-corrected chi connectivity index (χ3v) is 3.68. The number of anilines is 1. The molecule has 0 heterocycles. The van der Waals surface area contributed by atoms with E-state index in [0.717, 1.165) is 6.07 Å². The highest BCUT2D eigenvalue weighted by Gasteiger charge is 2.30. The molecule has 4 nitrogen and oxygen atoms in total. The number of nitrogens with one attached hydrogen (secondary N) is 2. The van der Waals surface area contributed by atoms with Crippen LogP contribution in [-0.4, -0.2) is 23.8 Å². The maximum atomic E-state index is 13.6. The quantitative estimate of drug-likeness (QED) is 0.767. The molecule has 2 amide bonds. The number of rotatable bonds is 5. The second kappa shape index (κ2) is 7.24. The molecule has 0 aliphatic carbocycles. The monoisotopic (exact) mass is 334 g/mol. The molecule has 1 rings (SSSR count). The normalized spacial score (nSPS) is 13.1. The van der Waals surface area contributed by atoms with Gasteiger partial charge in [0, 0.05) is 18.0 Å². The van der Waals surface area contributed by atoms with E-state index >= 15 is 0 Å². The van der Waals surface area contributed by atoms with Crippen LogP contribution in [0.15, 0.2) is 12.1 Å². The van der Waals surface area contributed by atoms with Crippen molar-refractivity contribution >= 4 is 23.3 Å². The molecule has 0 aliphatic rings. The van der Waals surface area contributed by atoms with E-state index in [1.165, 1.54) is 0 Å². The second-order valence-corrected chi connectivity index (χ2v) is 6.64. The molecular weight excluding hydrogens is 314 g/mol. The highest BCUT2D eigenvalue weighted by molar-refractivity contribution is 6.33. The maximum absolute atomic E-state index is 13.6. The topological polar surface area (TPSA) is 61.4 Å². The first-order valence-electron chi connectivity index (χ1n) is 6.92. The average Bonchev–Trinajstić information content (AvgIpc) is 2.39. The van der Waals surface area contributed by atoms with Gasteiger partial charge >= 0.3 is 6.03 Å². The fraction of sp³-hybridized carbons (Fsp3) is 0.533. The van der Waals surface area contributed by atoms with Crippen molar-refractivity contribution < 1.29 is 18.7 Å². The summed E-state index contributed by atoms with van der Waals surface area (Å²) in [4.78, 5) is 11.8. The van der Waals surface area contributed by atoms with Gasteiger partial charge in [0.15, 0.2) is 5.82 Å². The largest absolute Gasteiger partial charge is 0.392 e. The van der Waals surface area contributed by atoms with Crippen molar-refractivity contribution in [1.29, 1.82) is 0 Å². The van der Waals surface area contributed by atoms with Gasteiger partial charge < -0.3 is 15.7 Å². The maximum Gasteiger partial charge on any atom is 0.319 e. The molecule has 1 aromatic rings. The summed E-state index contributed by atoms with van der Waals surface area (Å²) in [6.07, 6.45) is -0.612. The zero-order valence-corrected chi connectivity index (χ0v) is 13.8. The number of hydrogen-bond donors (Lipinski definition) is 3. The Kier molecular flexibility index (Phi) is 6.14. The fourth-order valence-electron chi connectivity index (χ4n) is 2.13. The lowest BCUT2D eigenvalue weighted by Crippen LogP contribution is -2.44. The molecule has 3 N–H and O–H groups in total. The third-order valence-electron chi connectivity index (χ3n) is 3.38. The van der Waals surface area contributed by atoms with E-state index in [1.807, 2.05) is 27.7 Å². The summed E-state index contributed by atoms with van der Waals surface area (Å²) >= 11 is 5.70. The Hall–Kier alpha value is -1.40. The van der Waals surface area contributed by atoms with Crippen LogP contribution in [0, 0.1) is 23.0 Å². The van der Waals surface area contributed by atoms with E-state index in [0.29, 0.717) is 6.07 Å². The van der Waals surface area contributed by atoms with Crippen LogP contribution < -0.4 is 10.6 Å². The van der Waals surface area contributed by atoms with Gasteiger partial charge in [-0.1, -0.05) is 39.3 Å². The lowest BCUT2D eigenvalue weighted by atomic mass is 9.81. The van der Waals surface area contributed by atoms with Gasteiger partial charge in [0.2, 0.25) is 0 Å². The fourth-order valence-corrected chi connectivity index (χ4v) is 2.38. The number of aliphatic hydroxyl groups is 1. The van der Waals surface area contributed by atoms with Crippen molar-refractivity contribution in [2.24, 2.45) is 11.3 Å². The minimum Gasteiger partial charge on any atom is -0.392 e. The van der Waals surface area contributed by atoms with Gasteiger partial charge in [-0.2, -0.15) is 0 Å². The molecule has 0 fully saturated rings. The molecule has 0 radical (unpaired) electrons. The molecule has 22 heavy (non-hydrogen) atoms. The first kappa shape index (κ1) is 18.6. The molecule has 0 spiro atoms. The molecular formula is C15H21ClF2N2O2. The summed E-state index contributed by atoms with van der Waals surface area (Å²) < 4.78 is 26.5. The number of carbonyl (C=O) groups excluding carboxylic acids is 1. The van der Waals surface area contributed by atoms with Crippen LogP contribution in [0.3, 0.4) is 0 Å². The Labute approximate surface area is 133 Å². The van der Waals surface area contributed by atoms with Crippen molar-refractivity contribution in [1.82, 2.24) is 5.32 Å². The van der Waals surface area contributed by atoms with E-state index in [9.17, 15) is 18.7 Å². The number of amides is 2. The molecule has 0 bridgehead atoms. The summed E-state index contributed by atoms with van der Waals surface area (Å²) in [5.41, 5.74) is -0.848. The predicted octanol–water partition coefficient (Wildman–Crippen LogP) is 3.78. The molecule has 7 heteroatoms. The SMILES string of the molecule is CC(C)C(O)C(C)(C)CNC(=O)Nc1c(F)cc(F)cc1Cl. The Morgan fingerprint density at radius 3 is 2.45 bits per heavy atom. The molecule has 0 aromatic heterocycles. The Balaban J connectivity index is 2.69. The average molecular weight is 335 g/mol. The molecule has 0 saturated carbocycles. The first-order chi connectivity index (χ1) is 10.0. The van der Waals surface area contributed by atoms with Gasteiger partial charge in [-0.15, -0.1) is 0 Å². The van der Waals surface area contributed by atoms with Crippen molar-refractivity contribution in [3.8, 4) is 0 Å².